The lowest BCUT2D eigenvalue weighted by atomic mass is 9.78. The van der Waals surface area contributed by atoms with Gasteiger partial charge in [-0.1, -0.05) is 156 Å². The van der Waals surface area contributed by atoms with Crippen LogP contribution in [0.1, 0.15) is 174 Å². The number of hydrogen-bond donors (Lipinski definition) is 1. The van der Waals surface area contributed by atoms with E-state index >= 15 is 9.13 Å². The van der Waals surface area contributed by atoms with Crippen LogP contribution in [0.3, 0.4) is 0 Å². The first kappa shape index (κ1) is 63.0. The third-order valence-corrected chi connectivity index (χ3v) is 20.5. The Morgan fingerprint density at radius 2 is 0.671 bits per heavy atom. The maximum atomic E-state index is 17.3. The lowest BCUT2D eigenvalue weighted by Crippen LogP contribution is -2.31. The molecule has 8 aromatic rings. The van der Waals surface area contributed by atoms with E-state index in [9.17, 15) is 52.7 Å². The van der Waals surface area contributed by atoms with E-state index in [2.05, 4.69) is 4.86 Å². The molecule has 1 aliphatic heterocycles. The van der Waals surface area contributed by atoms with E-state index < -0.39 is 72.6 Å². The van der Waals surface area contributed by atoms with E-state index in [1.54, 1.807) is 48.5 Å². The predicted molar refractivity (Wildman–Crippen MR) is 314 cm³/mol. The molecule has 0 saturated carbocycles. The minimum Gasteiger partial charge on any atom is -0.403 e. The fourth-order valence-corrected chi connectivity index (χ4v) is 16.3. The van der Waals surface area contributed by atoms with E-state index in [4.69, 9.17) is 9.05 Å². The summed E-state index contributed by atoms with van der Waals surface area (Å²) in [6.45, 7) is 23.7. The zero-order chi connectivity index (χ0) is 62.6. The molecule has 0 bridgehead atoms. The highest BCUT2D eigenvalue weighted by atomic mass is 31.2. The zero-order valence-electron chi connectivity index (χ0n) is 48.6. The van der Waals surface area contributed by atoms with Gasteiger partial charge in [0.1, 0.15) is 11.5 Å². The molecular weight excluding hydrogens is 1160 g/mol. The molecule has 8 aromatic carbocycles. The van der Waals surface area contributed by atoms with E-state index in [1.807, 2.05) is 119 Å². The van der Waals surface area contributed by atoms with E-state index in [-0.39, 0.29) is 106 Å². The van der Waals surface area contributed by atoms with E-state index in [0.717, 1.165) is 33.4 Å². The van der Waals surface area contributed by atoms with Crippen LogP contribution in [0.4, 0.5) is 52.7 Å². The number of hydrogen-bond acceptors (Lipinski definition) is 4. The smallest absolute Gasteiger partial charge is 0.403 e. The molecule has 0 amide bonds. The Bertz CT molecular complexity index is 3670. The van der Waals surface area contributed by atoms with Crippen molar-refractivity contribution in [3.63, 3.8) is 0 Å². The van der Waals surface area contributed by atoms with Crippen LogP contribution in [0, 0.1) is 0 Å². The van der Waals surface area contributed by atoms with Crippen molar-refractivity contribution in [3.05, 3.63) is 177 Å². The van der Waals surface area contributed by atoms with Gasteiger partial charge in [-0.3, -0.25) is 4.57 Å². The van der Waals surface area contributed by atoms with Crippen LogP contribution in [0.15, 0.2) is 121 Å². The van der Waals surface area contributed by atoms with Gasteiger partial charge in [0.25, 0.3) is 0 Å². The standard InChI is InChI=1S/C66H63F12NO4P2/c1-33(2)41-23-51(35(5)6)57(52(24-41)36(7)8)55-21-39-17-13-15-19-49(39)59-60-50-20-16-14-18-40(50)22-56(58-53(37(9)10)25-42(34(3)4)26-54(58)38(11)12)62(60)83-85(81,82-61(55)59)79-84(80,47-29-43(63(67,68)69)27-44(30-47)64(70,71)72)48-31-45(65(73,74)75)28-46(32-48)66(76,77)78/h13-38H,1-12H3,(H,79,80,81). The van der Waals surface area contributed by atoms with Gasteiger partial charge in [-0.15, -0.1) is 4.86 Å². The van der Waals surface area contributed by atoms with Crippen molar-refractivity contribution in [1.29, 1.82) is 0 Å². The lowest BCUT2D eigenvalue weighted by molar-refractivity contribution is -0.144. The van der Waals surface area contributed by atoms with Crippen molar-refractivity contribution in [2.45, 2.75) is 143 Å². The average molecular weight is 1220 g/mol. The van der Waals surface area contributed by atoms with E-state index in [0.29, 0.717) is 32.7 Å². The van der Waals surface area contributed by atoms with Gasteiger partial charge < -0.3 is 9.05 Å². The maximum Gasteiger partial charge on any atom is 0.519 e. The molecule has 0 saturated heterocycles. The Morgan fingerprint density at radius 3 is 0.929 bits per heavy atom. The second-order valence-electron chi connectivity index (χ2n) is 23.7. The van der Waals surface area contributed by atoms with Crippen molar-refractivity contribution in [3.8, 4) is 44.9 Å². The molecule has 19 heteroatoms. The molecule has 0 aliphatic carbocycles. The fraction of sp³-hybridized carbons (Fsp3) is 0.333. The first-order valence-electron chi connectivity index (χ1n) is 27.8. The number of benzene rings is 8. The number of halogens is 12. The molecule has 0 radical (unpaired) electrons. The summed E-state index contributed by atoms with van der Waals surface area (Å²) in [6.07, 6.45) is -22.8. The van der Waals surface area contributed by atoms with Crippen LogP contribution in [0.5, 0.6) is 11.5 Å². The Labute approximate surface area is 486 Å². The monoisotopic (exact) mass is 1220 g/mol. The van der Waals surface area contributed by atoms with Gasteiger partial charge in [-0.05, 0) is 150 Å². The van der Waals surface area contributed by atoms with Crippen LogP contribution in [-0.4, -0.2) is 0 Å². The van der Waals surface area contributed by atoms with Gasteiger partial charge in [0.2, 0.25) is 7.29 Å². The van der Waals surface area contributed by atoms with Crippen LogP contribution in [-0.2, 0) is 33.8 Å². The van der Waals surface area contributed by atoms with Crippen molar-refractivity contribution >= 4 is 47.2 Å². The third kappa shape index (κ3) is 12.0. The van der Waals surface area contributed by atoms with Crippen LogP contribution in [0.25, 0.3) is 54.9 Å². The lowest BCUT2D eigenvalue weighted by Gasteiger charge is -2.29. The number of nitrogens with one attached hydrogen (secondary N) is 1. The fourth-order valence-electron chi connectivity index (χ4n) is 11.2. The second kappa shape index (κ2) is 22.3. The number of fused-ring (bicyclic) bond motifs is 7. The van der Waals surface area contributed by atoms with Crippen LogP contribution < -0.4 is 24.5 Å². The molecule has 85 heavy (non-hydrogen) atoms. The number of alkyl halides is 12. The summed E-state index contributed by atoms with van der Waals surface area (Å²) in [4.78, 5) is 2.13. The van der Waals surface area contributed by atoms with Gasteiger partial charge in [0.15, 0.2) is 0 Å². The molecule has 1 aliphatic rings. The van der Waals surface area contributed by atoms with Gasteiger partial charge in [-0.2, -0.15) is 52.7 Å². The van der Waals surface area contributed by atoms with Crippen molar-refractivity contribution in [2.75, 3.05) is 0 Å². The molecule has 0 fully saturated rings. The Kier molecular flexibility index (Phi) is 16.5. The predicted octanol–water partition coefficient (Wildman–Crippen LogP) is 22.2. The summed E-state index contributed by atoms with van der Waals surface area (Å²) in [5.41, 5.74) is -1.66. The molecule has 0 aromatic heterocycles. The van der Waals surface area contributed by atoms with Crippen molar-refractivity contribution in [2.24, 2.45) is 0 Å². The summed E-state index contributed by atoms with van der Waals surface area (Å²) in [5.74, 6) is -1.60. The molecule has 9 rings (SSSR count). The summed E-state index contributed by atoms with van der Waals surface area (Å²) in [5, 5.41) is -1.21. The minimum absolute atomic E-state index is 0.00104. The van der Waals surface area contributed by atoms with E-state index in [1.165, 1.54) is 0 Å². The molecule has 1 N–H and O–H groups in total. The van der Waals surface area contributed by atoms with Gasteiger partial charge in [0, 0.05) is 32.9 Å². The summed E-state index contributed by atoms with van der Waals surface area (Å²) >= 11 is 0. The highest BCUT2D eigenvalue weighted by Crippen LogP contribution is 2.66. The van der Waals surface area contributed by atoms with Crippen LogP contribution in [0.2, 0.25) is 0 Å². The second-order valence-corrected chi connectivity index (χ2v) is 28.1. The first-order chi connectivity index (χ1) is 39.3. The molecular formula is C66H63F12NO4P2. The highest BCUT2D eigenvalue weighted by molar-refractivity contribution is 7.83. The highest BCUT2D eigenvalue weighted by Gasteiger charge is 2.49. The normalized spacial score (nSPS) is 14.2. The van der Waals surface area contributed by atoms with Gasteiger partial charge in [0.05, 0.1) is 22.3 Å². The summed E-state index contributed by atoms with van der Waals surface area (Å²) in [7, 11) is -12.4. The van der Waals surface area contributed by atoms with Crippen LogP contribution >= 0.6 is 15.0 Å². The van der Waals surface area contributed by atoms with Crippen molar-refractivity contribution in [1.82, 2.24) is 4.86 Å². The molecule has 0 atom stereocenters. The third-order valence-electron chi connectivity index (χ3n) is 15.6. The quantitative estimate of drug-likeness (QED) is 0.0975. The molecule has 5 nitrogen and oxygen atoms in total. The maximum absolute atomic E-state index is 17.3. The van der Waals surface area contributed by atoms with Gasteiger partial charge >= 0.3 is 32.5 Å². The average Bonchev–Trinajstić information content (AvgIpc) is 1.72. The SMILES string of the molecule is CC(C)c1cc(C(C)C)c(-c2cc3ccccc3c3c2OP(=O)(NP(=O)(c2cc(C(F)(F)F)cc(C(F)(F)F)c2)c2cc(C(F)(F)F)cc(C(F)(F)F)c2)Oc2c(-c4c(C(C)C)cc(C(C)C)cc4C(C)C)cc4ccccc4c2-3)c(C(C)C)c1. The Balaban J connectivity index is 1.55. The zero-order valence-corrected chi connectivity index (χ0v) is 50.4. The first-order valence-corrected chi connectivity index (χ1v) is 31.0. The summed E-state index contributed by atoms with van der Waals surface area (Å²) < 4.78 is 227. The summed E-state index contributed by atoms with van der Waals surface area (Å²) in [6, 6.07) is 24.6. The molecule has 0 unspecified atom stereocenters. The molecule has 450 valence electrons. The largest absolute Gasteiger partial charge is 0.519 e. The number of rotatable bonds is 12. The van der Waals surface area contributed by atoms with Crippen molar-refractivity contribution < 1.29 is 70.9 Å². The Morgan fingerprint density at radius 1 is 0.388 bits per heavy atom. The molecule has 0 spiro atoms. The van der Waals surface area contributed by atoms with Gasteiger partial charge in [-0.25, -0.2) is 4.57 Å². The molecule has 1 heterocycles. The Hall–Kier alpha value is -6.54. The minimum atomic E-state index is -6.36. The topological polar surface area (TPSA) is 64.6 Å².